The fourth-order valence-electron chi connectivity index (χ4n) is 3.07. The van der Waals surface area contributed by atoms with Gasteiger partial charge in [0.1, 0.15) is 17.3 Å². The van der Waals surface area contributed by atoms with E-state index in [1.807, 2.05) is 0 Å². The molecule has 136 valence electrons. The highest BCUT2D eigenvalue weighted by atomic mass is 19.1. The fourth-order valence-corrected chi connectivity index (χ4v) is 3.07. The molecule has 0 atom stereocenters. The number of amides is 2. The van der Waals surface area contributed by atoms with Gasteiger partial charge in [0.25, 0.3) is 11.8 Å². The third-order valence-corrected chi connectivity index (χ3v) is 4.56. The van der Waals surface area contributed by atoms with E-state index in [4.69, 9.17) is 5.73 Å². The summed E-state index contributed by atoms with van der Waals surface area (Å²) in [6.45, 7) is 3.43. The number of pyridine rings is 1. The van der Waals surface area contributed by atoms with Gasteiger partial charge in [0.2, 0.25) is 0 Å². The molecule has 1 aliphatic heterocycles. The first kappa shape index (κ1) is 17.8. The molecule has 1 saturated heterocycles. The lowest BCUT2D eigenvalue weighted by atomic mass is 10.1. The predicted molar refractivity (Wildman–Crippen MR) is 96.2 cm³/mol. The normalized spacial score (nSPS) is 14.8. The highest BCUT2D eigenvalue weighted by Crippen LogP contribution is 2.16. The highest BCUT2D eigenvalue weighted by Gasteiger charge is 2.25. The number of hydrogen-bond acceptors (Lipinski definition) is 4. The van der Waals surface area contributed by atoms with Crippen molar-refractivity contribution in [1.82, 2.24) is 14.8 Å². The van der Waals surface area contributed by atoms with Crippen molar-refractivity contribution in [3.8, 4) is 0 Å². The fraction of sp³-hybridized carbons (Fsp3) is 0.316. The number of hydrogen-bond donors (Lipinski definition) is 1. The van der Waals surface area contributed by atoms with Gasteiger partial charge in [-0.05, 0) is 43.2 Å². The quantitative estimate of drug-likeness (QED) is 0.894. The monoisotopic (exact) mass is 356 g/mol. The number of carbonyl (C=O) groups excluding carboxylic acids is 2. The molecule has 26 heavy (non-hydrogen) atoms. The van der Waals surface area contributed by atoms with Crippen LogP contribution in [-0.4, -0.2) is 52.8 Å². The van der Waals surface area contributed by atoms with Gasteiger partial charge in [-0.15, -0.1) is 0 Å². The van der Waals surface area contributed by atoms with Gasteiger partial charge in [0.05, 0.1) is 0 Å². The number of nitrogens with two attached hydrogens (primary N) is 1. The zero-order chi connectivity index (χ0) is 18.7. The van der Waals surface area contributed by atoms with Crippen LogP contribution in [-0.2, 0) is 0 Å². The molecule has 0 unspecified atom stereocenters. The Morgan fingerprint density at radius 3 is 2.35 bits per heavy atom. The van der Waals surface area contributed by atoms with E-state index in [-0.39, 0.29) is 11.8 Å². The average molecular weight is 356 g/mol. The molecule has 2 N–H and O–H groups in total. The second kappa shape index (κ2) is 7.51. The molecule has 7 heteroatoms. The summed E-state index contributed by atoms with van der Waals surface area (Å²) < 4.78 is 13.7. The molecule has 0 radical (unpaired) electrons. The van der Waals surface area contributed by atoms with Crippen molar-refractivity contribution in [3.63, 3.8) is 0 Å². The van der Waals surface area contributed by atoms with Gasteiger partial charge in [0.15, 0.2) is 0 Å². The van der Waals surface area contributed by atoms with E-state index < -0.39 is 5.82 Å². The molecule has 2 aromatic rings. The van der Waals surface area contributed by atoms with Crippen molar-refractivity contribution in [2.24, 2.45) is 0 Å². The standard InChI is InChI=1S/C19H21FN4O2/c1-13-14(5-2-6-15(13)20)18(25)23-9-4-10-24(12-11-23)19(26)16-7-3-8-17(21)22-16/h2-3,5-8H,4,9-12H2,1H3,(H2,21,22). The van der Waals surface area contributed by atoms with Crippen LogP contribution in [0.4, 0.5) is 10.2 Å². The van der Waals surface area contributed by atoms with E-state index in [0.29, 0.717) is 55.2 Å². The number of aromatic nitrogens is 1. The lowest BCUT2D eigenvalue weighted by Gasteiger charge is -2.22. The topological polar surface area (TPSA) is 79.5 Å². The average Bonchev–Trinajstić information content (AvgIpc) is 2.89. The largest absolute Gasteiger partial charge is 0.384 e. The maximum absolute atomic E-state index is 13.7. The summed E-state index contributed by atoms with van der Waals surface area (Å²) in [5, 5.41) is 0. The number of rotatable bonds is 2. The Bertz CT molecular complexity index is 840. The van der Waals surface area contributed by atoms with E-state index in [1.165, 1.54) is 12.1 Å². The Hall–Kier alpha value is -2.96. The van der Waals surface area contributed by atoms with Gasteiger partial charge >= 0.3 is 0 Å². The van der Waals surface area contributed by atoms with Crippen LogP contribution in [0.15, 0.2) is 36.4 Å². The lowest BCUT2D eigenvalue weighted by Crippen LogP contribution is -2.37. The van der Waals surface area contributed by atoms with Crippen molar-refractivity contribution in [3.05, 3.63) is 59.0 Å². The molecule has 1 aromatic heterocycles. The number of nitrogen functional groups attached to an aromatic ring is 1. The predicted octanol–water partition coefficient (Wildman–Crippen LogP) is 2.10. The minimum absolute atomic E-state index is 0.200. The molecule has 1 aromatic carbocycles. The summed E-state index contributed by atoms with van der Waals surface area (Å²) in [6, 6.07) is 9.45. The Labute approximate surface area is 151 Å². The summed E-state index contributed by atoms with van der Waals surface area (Å²) >= 11 is 0. The van der Waals surface area contributed by atoms with Crippen molar-refractivity contribution in [1.29, 1.82) is 0 Å². The van der Waals surface area contributed by atoms with E-state index in [1.54, 1.807) is 41.0 Å². The van der Waals surface area contributed by atoms with Crippen molar-refractivity contribution in [2.45, 2.75) is 13.3 Å². The van der Waals surface area contributed by atoms with Crippen LogP contribution in [0.5, 0.6) is 0 Å². The second-order valence-corrected chi connectivity index (χ2v) is 6.30. The number of halogens is 1. The maximum Gasteiger partial charge on any atom is 0.272 e. The zero-order valence-electron chi connectivity index (χ0n) is 14.6. The summed E-state index contributed by atoms with van der Waals surface area (Å²) in [6.07, 6.45) is 0.647. The third-order valence-electron chi connectivity index (χ3n) is 4.56. The molecular formula is C19H21FN4O2. The van der Waals surface area contributed by atoms with Crippen LogP contribution in [0.25, 0.3) is 0 Å². The third kappa shape index (κ3) is 3.66. The Morgan fingerprint density at radius 2 is 1.65 bits per heavy atom. The van der Waals surface area contributed by atoms with Crippen LogP contribution < -0.4 is 5.73 Å². The van der Waals surface area contributed by atoms with E-state index in [9.17, 15) is 14.0 Å². The minimum atomic E-state index is -0.393. The van der Waals surface area contributed by atoms with Crippen LogP contribution in [0.3, 0.4) is 0 Å². The van der Waals surface area contributed by atoms with Gasteiger partial charge < -0.3 is 15.5 Å². The van der Waals surface area contributed by atoms with Gasteiger partial charge in [-0.1, -0.05) is 12.1 Å². The summed E-state index contributed by atoms with van der Waals surface area (Å²) in [5.74, 6) is -0.508. The number of carbonyl (C=O) groups is 2. The summed E-state index contributed by atoms with van der Waals surface area (Å²) in [4.78, 5) is 32.8. The lowest BCUT2D eigenvalue weighted by molar-refractivity contribution is 0.0715. The van der Waals surface area contributed by atoms with Crippen LogP contribution in [0.2, 0.25) is 0 Å². The molecule has 3 rings (SSSR count). The van der Waals surface area contributed by atoms with Crippen LogP contribution in [0, 0.1) is 12.7 Å². The SMILES string of the molecule is Cc1c(F)cccc1C(=O)N1CCCN(C(=O)c2cccc(N)n2)CC1. The van der Waals surface area contributed by atoms with Crippen molar-refractivity contribution >= 4 is 17.6 Å². The van der Waals surface area contributed by atoms with Crippen molar-refractivity contribution in [2.75, 3.05) is 31.9 Å². The number of benzene rings is 1. The number of nitrogens with zero attached hydrogens (tertiary/aromatic N) is 3. The smallest absolute Gasteiger partial charge is 0.272 e. The van der Waals surface area contributed by atoms with Gasteiger partial charge in [0, 0.05) is 31.7 Å². The molecular weight excluding hydrogens is 335 g/mol. The van der Waals surface area contributed by atoms with Crippen molar-refractivity contribution < 1.29 is 14.0 Å². The molecule has 0 spiro atoms. The van der Waals surface area contributed by atoms with E-state index in [2.05, 4.69) is 4.98 Å². The molecule has 1 fully saturated rings. The Balaban J connectivity index is 1.71. The zero-order valence-corrected chi connectivity index (χ0v) is 14.6. The van der Waals surface area contributed by atoms with E-state index in [0.717, 1.165) is 0 Å². The molecule has 1 aliphatic rings. The maximum atomic E-state index is 13.7. The molecule has 2 heterocycles. The highest BCUT2D eigenvalue weighted by molar-refractivity contribution is 5.96. The first-order valence-electron chi connectivity index (χ1n) is 8.53. The molecule has 2 amide bonds. The molecule has 0 saturated carbocycles. The van der Waals surface area contributed by atoms with Gasteiger partial charge in [-0.2, -0.15) is 0 Å². The second-order valence-electron chi connectivity index (χ2n) is 6.30. The first-order valence-corrected chi connectivity index (χ1v) is 8.53. The Morgan fingerprint density at radius 1 is 1.00 bits per heavy atom. The Kier molecular flexibility index (Phi) is 5.16. The number of anilines is 1. The summed E-state index contributed by atoms with van der Waals surface area (Å²) in [5.41, 5.74) is 6.65. The molecule has 0 bridgehead atoms. The summed E-state index contributed by atoms with van der Waals surface area (Å²) in [7, 11) is 0. The van der Waals surface area contributed by atoms with E-state index >= 15 is 0 Å². The first-order chi connectivity index (χ1) is 12.5. The van der Waals surface area contributed by atoms with Gasteiger partial charge in [-0.25, -0.2) is 9.37 Å². The minimum Gasteiger partial charge on any atom is -0.384 e. The molecule has 0 aliphatic carbocycles. The van der Waals surface area contributed by atoms with Gasteiger partial charge in [-0.3, -0.25) is 9.59 Å². The van der Waals surface area contributed by atoms with Crippen LogP contribution in [0.1, 0.15) is 32.8 Å². The van der Waals surface area contributed by atoms with Crippen LogP contribution >= 0.6 is 0 Å². The molecule has 6 nitrogen and oxygen atoms in total.